The zero-order valence-corrected chi connectivity index (χ0v) is 18.3. The fourth-order valence-electron chi connectivity index (χ4n) is 3.72. The molecule has 2 aromatic carbocycles. The summed E-state index contributed by atoms with van der Waals surface area (Å²) in [5.41, 5.74) is 1.79. The Bertz CT molecular complexity index is 1160. The average molecular weight is 449 g/mol. The Morgan fingerprint density at radius 3 is 2.33 bits per heavy atom. The molecule has 1 saturated heterocycles. The lowest BCUT2D eigenvalue weighted by molar-refractivity contribution is -0.384. The minimum absolute atomic E-state index is 0.0932. The van der Waals surface area contributed by atoms with Crippen LogP contribution in [0.25, 0.3) is 11.3 Å². The van der Waals surface area contributed by atoms with Gasteiger partial charge in [0.15, 0.2) is 17.3 Å². The van der Waals surface area contributed by atoms with Crippen molar-refractivity contribution >= 4 is 17.4 Å². The Hall–Kier alpha value is -4.21. The van der Waals surface area contributed by atoms with Crippen LogP contribution in [0.2, 0.25) is 0 Å². The van der Waals surface area contributed by atoms with Crippen molar-refractivity contribution in [1.82, 2.24) is 15.1 Å². The van der Waals surface area contributed by atoms with E-state index in [0.29, 0.717) is 48.9 Å². The van der Waals surface area contributed by atoms with E-state index in [0.717, 1.165) is 11.4 Å². The van der Waals surface area contributed by atoms with Crippen LogP contribution in [0.15, 0.2) is 54.6 Å². The van der Waals surface area contributed by atoms with Gasteiger partial charge in [0.2, 0.25) is 0 Å². The number of methoxy groups -OCH3 is 2. The molecule has 10 heteroatoms. The smallest absolute Gasteiger partial charge is 0.270 e. The molecule has 1 aliphatic heterocycles. The van der Waals surface area contributed by atoms with Crippen molar-refractivity contribution in [3.8, 4) is 22.8 Å². The van der Waals surface area contributed by atoms with Crippen LogP contribution in [-0.2, 0) is 0 Å². The van der Waals surface area contributed by atoms with Crippen molar-refractivity contribution in [2.24, 2.45) is 0 Å². The summed E-state index contributed by atoms with van der Waals surface area (Å²) in [4.78, 5) is 27.0. The van der Waals surface area contributed by atoms with Gasteiger partial charge in [-0.1, -0.05) is 6.07 Å². The molecule has 1 aliphatic rings. The maximum Gasteiger partial charge on any atom is 0.270 e. The standard InChI is InChI=1S/C23H23N5O5/c1-32-20-8-6-16(15-21(20)33-2)19-7-9-22(25-24-19)26-10-12-27(13-11-26)23(29)17-4-3-5-18(14-17)28(30)31/h3-9,14-15H,10-13H2,1-2H3. The molecular weight excluding hydrogens is 426 g/mol. The van der Waals surface area contributed by atoms with Crippen LogP contribution >= 0.6 is 0 Å². The number of piperazine rings is 1. The van der Waals surface area contributed by atoms with E-state index < -0.39 is 4.92 Å². The van der Waals surface area contributed by atoms with Crippen LogP contribution in [0.3, 0.4) is 0 Å². The Kier molecular flexibility index (Phi) is 6.34. The van der Waals surface area contributed by atoms with Crippen molar-refractivity contribution < 1.29 is 19.2 Å². The van der Waals surface area contributed by atoms with Crippen LogP contribution in [-0.4, -0.2) is 66.3 Å². The largest absolute Gasteiger partial charge is 0.493 e. The van der Waals surface area contributed by atoms with Gasteiger partial charge in [0.25, 0.3) is 11.6 Å². The number of amides is 1. The Morgan fingerprint density at radius 1 is 0.939 bits per heavy atom. The minimum Gasteiger partial charge on any atom is -0.493 e. The molecular formula is C23H23N5O5. The SMILES string of the molecule is COc1ccc(-c2ccc(N3CCN(C(=O)c4cccc([N+](=O)[O-])c4)CC3)nn2)cc1OC. The van der Waals surface area contributed by atoms with E-state index in [9.17, 15) is 14.9 Å². The third kappa shape index (κ3) is 4.69. The molecule has 3 aromatic rings. The van der Waals surface area contributed by atoms with Gasteiger partial charge in [0, 0.05) is 49.4 Å². The predicted molar refractivity (Wildman–Crippen MR) is 122 cm³/mol. The van der Waals surface area contributed by atoms with Crippen molar-refractivity contribution in [3.63, 3.8) is 0 Å². The molecule has 0 saturated carbocycles. The van der Waals surface area contributed by atoms with E-state index in [4.69, 9.17) is 9.47 Å². The number of rotatable bonds is 6. The summed E-state index contributed by atoms with van der Waals surface area (Å²) in [5, 5.41) is 19.7. The predicted octanol–water partition coefficient (Wildman–Crippen LogP) is 3.03. The first-order valence-electron chi connectivity index (χ1n) is 10.3. The van der Waals surface area contributed by atoms with Gasteiger partial charge in [-0.3, -0.25) is 14.9 Å². The number of nitrogens with zero attached hydrogens (tertiary/aromatic N) is 5. The number of ether oxygens (including phenoxy) is 2. The summed E-state index contributed by atoms with van der Waals surface area (Å²) in [6.07, 6.45) is 0. The highest BCUT2D eigenvalue weighted by Gasteiger charge is 2.24. The van der Waals surface area contributed by atoms with Gasteiger partial charge in [-0.2, -0.15) is 0 Å². The van der Waals surface area contributed by atoms with E-state index in [1.165, 1.54) is 18.2 Å². The number of benzene rings is 2. The molecule has 10 nitrogen and oxygen atoms in total. The number of hydrogen-bond donors (Lipinski definition) is 0. The lowest BCUT2D eigenvalue weighted by atomic mass is 10.1. The third-order valence-corrected chi connectivity index (χ3v) is 5.52. The highest BCUT2D eigenvalue weighted by molar-refractivity contribution is 5.95. The molecule has 33 heavy (non-hydrogen) atoms. The van der Waals surface area contributed by atoms with Gasteiger partial charge in [-0.25, -0.2) is 0 Å². The number of nitro groups is 1. The van der Waals surface area contributed by atoms with Crippen LogP contribution < -0.4 is 14.4 Å². The number of hydrogen-bond acceptors (Lipinski definition) is 8. The number of non-ortho nitro benzene ring substituents is 1. The summed E-state index contributed by atoms with van der Waals surface area (Å²) in [6.45, 7) is 2.15. The molecule has 4 rings (SSSR count). The van der Waals surface area contributed by atoms with E-state index in [1.54, 1.807) is 25.2 Å². The number of nitro benzene ring substituents is 1. The van der Waals surface area contributed by atoms with Gasteiger partial charge in [0.1, 0.15) is 0 Å². The van der Waals surface area contributed by atoms with Gasteiger partial charge in [0.05, 0.1) is 24.8 Å². The molecule has 170 valence electrons. The molecule has 0 spiro atoms. The van der Waals surface area contributed by atoms with Crippen LogP contribution in [0.5, 0.6) is 11.5 Å². The number of carbonyl (C=O) groups excluding carboxylic acids is 1. The summed E-state index contributed by atoms with van der Waals surface area (Å²) < 4.78 is 10.6. The lowest BCUT2D eigenvalue weighted by Gasteiger charge is -2.35. The zero-order chi connectivity index (χ0) is 23.4. The molecule has 0 radical (unpaired) electrons. The second kappa shape index (κ2) is 9.51. The van der Waals surface area contributed by atoms with Crippen molar-refractivity contribution in [1.29, 1.82) is 0 Å². The monoisotopic (exact) mass is 449 g/mol. The minimum atomic E-state index is -0.501. The number of anilines is 1. The number of aromatic nitrogens is 2. The van der Waals surface area contributed by atoms with Gasteiger partial charge >= 0.3 is 0 Å². The second-order valence-corrected chi connectivity index (χ2v) is 7.43. The summed E-state index contributed by atoms with van der Waals surface area (Å²) in [5.74, 6) is 1.77. The Labute approximate surface area is 190 Å². The van der Waals surface area contributed by atoms with E-state index in [2.05, 4.69) is 15.1 Å². The summed E-state index contributed by atoms with van der Waals surface area (Å²) in [7, 11) is 3.17. The molecule has 1 aromatic heterocycles. The van der Waals surface area contributed by atoms with Gasteiger partial charge in [-0.05, 0) is 36.4 Å². The number of carbonyl (C=O) groups is 1. The van der Waals surface area contributed by atoms with Crippen molar-refractivity contribution in [3.05, 3.63) is 70.3 Å². The summed E-state index contributed by atoms with van der Waals surface area (Å²) >= 11 is 0. The Morgan fingerprint density at radius 2 is 1.70 bits per heavy atom. The van der Waals surface area contributed by atoms with Crippen LogP contribution in [0, 0.1) is 10.1 Å². The van der Waals surface area contributed by atoms with Gasteiger partial charge in [-0.15, -0.1) is 10.2 Å². The van der Waals surface area contributed by atoms with Crippen LogP contribution in [0.4, 0.5) is 11.5 Å². The Balaban J connectivity index is 1.41. The molecule has 1 fully saturated rings. The molecule has 0 aliphatic carbocycles. The van der Waals surface area contributed by atoms with E-state index in [1.807, 2.05) is 30.3 Å². The molecule has 0 atom stereocenters. The third-order valence-electron chi connectivity index (χ3n) is 5.52. The topological polar surface area (TPSA) is 111 Å². The zero-order valence-electron chi connectivity index (χ0n) is 18.3. The summed E-state index contributed by atoms with van der Waals surface area (Å²) in [6, 6.07) is 15.2. The first-order valence-corrected chi connectivity index (χ1v) is 10.3. The van der Waals surface area contributed by atoms with E-state index in [-0.39, 0.29) is 11.6 Å². The van der Waals surface area contributed by atoms with Gasteiger partial charge < -0.3 is 19.3 Å². The van der Waals surface area contributed by atoms with Crippen molar-refractivity contribution in [2.75, 3.05) is 45.3 Å². The molecule has 2 heterocycles. The fourth-order valence-corrected chi connectivity index (χ4v) is 3.72. The molecule has 1 amide bonds. The highest BCUT2D eigenvalue weighted by Crippen LogP contribution is 2.31. The quantitative estimate of drug-likeness (QED) is 0.417. The second-order valence-electron chi connectivity index (χ2n) is 7.43. The highest BCUT2D eigenvalue weighted by atomic mass is 16.6. The first kappa shape index (κ1) is 22.0. The van der Waals surface area contributed by atoms with Crippen molar-refractivity contribution in [2.45, 2.75) is 0 Å². The average Bonchev–Trinajstić information content (AvgIpc) is 2.88. The molecule has 0 N–H and O–H groups in total. The first-order chi connectivity index (χ1) is 16.0. The molecule has 0 unspecified atom stereocenters. The lowest BCUT2D eigenvalue weighted by Crippen LogP contribution is -2.49. The van der Waals surface area contributed by atoms with E-state index >= 15 is 0 Å². The molecule has 0 bridgehead atoms. The fraction of sp³-hybridized carbons (Fsp3) is 0.261. The van der Waals surface area contributed by atoms with Crippen LogP contribution in [0.1, 0.15) is 10.4 Å². The normalized spacial score (nSPS) is 13.5. The maximum atomic E-state index is 12.8. The maximum absolute atomic E-state index is 12.8.